The van der Waals surface area contributed by atoms with Crippen LogP contribution in [0.25, 0.3) is 0 Å². The highest BCUT2D eigenvalue weighted by Crippen LogP contribution is 2.07. The molecule has 106 valence electrons. The summed E-state index contributed by atoms with van der Waals surface area (Å²) >= 11 is 4.90. The summed E-state index contributed by atoms with van der Waals surface area (Å²) in [6.07, 6.45) is 7.30. The zero-order chi connectivity index (χ0) is 14.3. The molecule has 0 aliphatic heterocycles. The molecule has 0 fully saturated rings. The van der Waals surface area contributed by atoms with E-state index < -0.39 is 0 Å². The first-order valence-corrected chi connectivity index (χ1v) is 7.49. The second-order valence-corrected chi connectivity index (χ2v) is 5.42. The summed E-state index contributed by atoms with van der Waals surface area (Å²) in [5.74, 6) is 0. The number of nitrogens with zero attached hydrogens (tertiary/aromatic N) is 1. The fraction of sp³-hybridized carbons (Fsp3) is 0.600. The van der Waals surface area contributed by atoms with E-state index >= 15 is 0 Å². The minimum atomic E-state index is -0.0546. The van der Waals surface area contributed by atoms with Gasteiger partial charge in [-0.15, -0.1) is 0 Å². The van der Waals surface area contributed by atoms with Crippen molar-refractivity contribution in [1.29, 1.82) is 0 Å². The molecule has 0 bridgehead atoms. The van der Waals surface area contributed by atoms with Gasteiger partial charge in [0.05, 0.1) is 5.56 Å². The number of aryl methyl sites for hydroxylation is 1. The van der Waals surface area contributed by atoms with Crippen LogP contribution in [0, 0.1) is 6.92 Å². The molecule has 3 nitrogen and oxygen atoms in total. The lowest BCUT2D eigenvalue weighted by Crippen LogP contribution is -2.30. The van der Waals surface area contributed by atoms with E-state index in [-0.39, 0.29) is 10.5 Å². The molecule has 0 amide bonds. The van der Waals surface area contributed by atoms with Crippen LogP contribution >= 0.6 is 12.2 Å². The van der Waals surface area contributed by atoms with Crippen LogP contribution < -0.4 is 11.3 Å². The fourth-order valence-corrected chi connectivity index (χ4v) is 2.34. The van der Waals surface area contributed by atoms with Crippen LogP contribution in [0.15, 0.2) is 16.9 Å². The molecule has 0 saturated carbocycles. The lowest BCUT2D eigenvalue weighted by atomic mass is 10.1. The van der Waals surface area contributed by atoms with Crippen molar-refractivity contribution in [2.45, 2.75) is 58.9 Å². The van der Waals surface area contributed by atoms with Gasteiger partial charge in [0.1, 0.15) is 4.99 Å². The van der Waals surface area contributed by atoms with Crippen molar-refractivity contribution in [2.24, 2.45) is 5.73 Å². The van der Waals surface area contributed by atoms with Crippen LogP contribution in [0.2, 0.25) is 0 Å². The maximum absolute atomic E-state index is 12.2. The van der Waals surface area contributed by atoms with Crippen molar-refractivity contribution >= 4 is 17.2 Å². The highest BCUT2D eigenvalue weighted by Gasteiger charge is 2.07. The molecule has 1 heterocycles. The summed E-state index contributed by atoms with van der Waals surface area (Å²) in [6.45, 7) is 4.92. The summed E-state index contributed by atoms with van der Waals surface area (Å²) in [6, 6.07) is 3.63. The van der Waals surface area contributed by atoms with Gasteiger partial charge in [0, 0.05) is 12.2 Å². The smallest absolute Gasteiger partial charge is 0.260 e. The third-order valence-corrected chi connectivity index (χ3v) is 3.61. The SMILES string of the molecule is CCCCCCCCn1c(C)ccc(C(N)=S)c1=O. The monoisotopic (exact) mass is 280 g/mol. The van der Waals surface area contributed by atoms with E-state index in [1.807, 2.05) is 13.0 Å². The van der Waals surface area contributed by atoms with Gasteiger partial charge in [0.25, 0.3) is 5.56 Å². The second-order valence-electron chi connectivity index (χ2n) is 4.98. The van der Waals surface area contributed by atoms with Crippen molar-refractivity contribution in [3.05, 3.63) is 33.7 Å². The summed E-state index contributed by atoms with van der Waals surface area (Å²) in [7, 11) is 0. The van der Waals surface area contributed by atoms with E-state index in [1.165, 1.54) is 32.1 Å². The van der Waals surface area contributed by atoms with E-state index in [1.54, 1.807) is 10.6 Å². The number of aromatic nitrogens is 1. The summed E-state index contributed by atoms with van der Waals surface area (Å²) in [5, 5.41) is 0. The minimum absolute atomic E-state index is 0.0546. The normalized spacial score (nSPS) is 10.6. The minimum Gasteiger partial charge on any atom is -0.389 e. The first kappa shape index (κ1) is 15.9. The summed E-state index contributed by atoms with van der Waals surface area (Å²) in [4.78, 5) is 12.4. The Morgan fingerprint density at radius 2 is 1.84 bits per heavy atom. The van der Waals surface area contributed by atoms with Crippen LogP contribution in [0.1, 0.15) is 56.7 Å². The Kier molecular flexibility index (Phi) is 6.78. The summed E-state index contributed by atoms with van der Waals surface area (Å²) < 4.78 is 1.79. The van der Waals surface area contributed by atoms with Gasteiger partial charge < -0.3 is 10.3 Å². The third-order valence-electron chi connectivity index (χ3n) is 3.39. The van der Waals surface area contributed by atoms with Crippen LogP contribution in [0.5, 0.6) is 0 Å². The van der Waals surface area contributed by atoms with Gasteiger partial charge in [-0.1, -0.05) is 51.2 Å². The lowest BCUT2D eigenvalue weighted by molar-refractivity contribution is 0.542. The third kappa shape index (κ3) is 4.78. The Morgan fingerprint density at radius 3 is 2.47 bits per heavy atom. The van der Waals surface area contributed by atoms with E-state index in [2.05, 4.69) is 6.92 Å². The molecule has 0 spiro atoms. The van der Waals surface area contributed by atoms with E-state index in [0.29, 0.717) is 5.56 Å². The molecule has 19 heavy (non-hydrogen) atoms. The maximum atomic E-state index is 12.2. The Labute approximate surface area is 120 Å². The molecule has 2 N–H and O–H groups in total. The number of rotatable bonds is 8. The molecule has 4 heteroatoms. The largest absolute Gasteiger partial charge is 0.389 e. The van der Waals surface area contributed by atoms with Gasteiger partial charge in [-0.3, -0.25) is 4.79 Å². The molecule has 0 aromatic carbocycles. The first-order chi connectivity index (χ1) is 9.07. The highest BCUT2D eigenvalue weighted by atomic mass is 32.1. The standard InChI is InChI=1S/C15H24N2OS/c1-3-4-5-6-7-8-11-17-12(2)9-10-13(14(16)19)15(17)18/h9-10H,3-8,11H2,1-2H3,(H2,16,19). The van der Waals surface area contributed by atoms with E-state index in [0.717, 1.165) is 18.7 Å². The van der Waals surface area contributed by atoms with E-state index in [4.69, 9.17) is 18.0 Å². The van der Waals surface area contributed by atoms with Gasteiger partial charge in [-0.05, 0) is 25.5 Å². The average molecular weight is 280 g/mol. The molecular weight excluding hydrogens is 256 g/mol. The molecule has 0 aliphatic rings. The van der Waals surface area contributed by atoms with Crippen molar-refractivity contribution in [2.75, 3.05) is 0 Å². The Morgan fingerprint density at radius 1 is 1.21 bits per heavy atom. The zero-order valence-corrected chi connectivity index (χ0v) is 12.8. The average Bonchev–Trinajstić information content (AvgIpc) is 2.36. The van der Waals surface area contributed by atoms with Crippen molar-refractivity contribution in [3.63, 3.8) is 0 Å². The predicted molar refractivity (Wildman–Crippen MR) is 84.7 cm³/mol. The van der Waals surface area contributed by atoms with E-state index in [9.17, 15) is 4.79 Å². The van der Waals surface area contributed by atoms with Crippen LogP contribution in [0.3, 0.4) is 0 Å². The number of thiocarbonyl (C=S) groups is 1. The van der Waals surface area contributed by atoms with Gasteiger partial charge in [-0.2, -0.15) is 0 Å². The number of nitrogens with two attached hydrogens (primary N) is 1. The molecule has 0 saturated heterocycles. The number of unbranched alkanes of at least 4 members (excludes halogenated alkanes) is 5. The number of hydrogen-bond acceptors (Lipinski definition) is 2. The zero-order valence-electron chi connectivity index (χ0n) is 11.9. The predicted octanol–water partition coefficient (Wildman–Crippen LogP) is 3.15. The molecule has 1 aromatic heterocycles. The molecular formula is C15H24N2OS. The quantitative estimate of drug-likeness (QED) is 0.588. The van der Waals surface area contributed by atoms with Gasteiger partial charge in [-0.25, -0.2) is 0 Å². The molecule has 1 rings (SSSR count). The van der Waals surface area contributed by atoms with Gasteiger partial charge in [0.15, 0.2) is 0 Å². The molecule has 1 aromatic rings. The van der Waals surface area contributed by atoms with Gasteiger partial charge >= 0.3 is 0 Å². The van der Waals surface area contributed by atoms with Crippen LogP contribution in [0.4, 0.5) is 0 Å². The topological polar surface area (TPSA) is 48.0 Å². The number of hydrogen-bond donors (Lipinski definition) is 1. The van der Waals surface area contributed by atoms with Crippen molar-refractivity contribution in [1.82, 2.24) is 4.57 Å². The number of pyridine rings is 1. The molecule has 0 unspecified atom stereocenters. The Hall–Kier alpha value is -1.16. The molecule has 0 aliphatic carbocycles. The molecule has 0 atom stereocenters. The fourth-order valence-electron chi connectivity index (χ4n) is 2.19. The van der Waals surface area contributed by atoms with Crippen molar-refractivity contribution in [3.8, 4) is 0 Å². The maximum Gasteiger partial charge on any atom is 0.260 e. The lowest BCUT2D eigenvalue weighted by Gasteiger charge is -2.11. The first-order valence-electron chi connectivity index (χ1n) is 7.08. The van der Waals surface area contributed by atoms with Crippen LogP contribution in [-0.4, -0.2) is 9.56 Å². The highest BCUT2D eigenvalue weighted by molar-refractivity contribution is 7.80. The Bertz CT molecular complexity index is 480. The second kappa shape index (κ2) is 8.10. The van der Waals surface area contributed by atoms with Crippen molar-refractivity contribution < 1.29 is 0 Å². The Balaban J connectivity index is 2.60. The summed E-state index contributed by atoms with van der Waals surface area (Å²) in [5.41, 5.74) is 6.93. The van der Waals surface area contributed by atoms with Gasteiger partial charge in [0.2, 0.25) is 0 Å². The van der Waals surface area contributed by atoms with Crippen LogP contribution in [-0.2, 0) is 6.54 Å². The molecule has 0 radical (unpaired) electrons.